The molecule has 0 aliphatic carbocycles. The van der Waals surface area contributed by atoms with Crippen LogP contribution in [-0.2, 0) is 9.59 Å². The van der Waals surface area contributed by atoms with E-state index in [4.69, 9.17) is 34.6 Å². The first kappa shape index (κ1) is 27.1. The van der Waals surface area contributed by atoms with Gasteiger partial charge in [0.1, 0.15) is 12.4 Å². The maximum absolute atomic E-state index is 12.7. The number of aromatic nitrogens is 1. The van der Waals surface area contributed by atoms with Crippen LogP contribution in [-0.4, -0.2) is 55.1 Å². The van der Waals surface area contributed by atoms with Crippen LogP contribution >= 0.6 is 0 Å². The zero-order chi connectivity index (χ0) is 25.8. The molecule has 0 aliphatic heterocycles. The molecule has 0 bridgehead atoms. The fourth-order valence-corrected chi connectivity index (χ4v) is 3.28. The number of nitrogens with two attached hydrogens (primary N) is 1. The van der Waals surface area contributed by atoms with Gasteiger partial charge in [0.2, 0.25) is 0 Å². The standard InChI is InChI=1S/C24H29N3O5.CO2/c1-15-12-18(25)23-19(26-15)6-4-7-21(23)32-14-16(2)27-24(29)17-8-9-20(30-3)22(13-17)31-11-5-10-28;2-1-3/h4,6-9,12-13,16,28H,5,10-11,14H2,1-3H3,(H2,25,26)(H,27,29);/t16-;/m0./s1. The maximum atomic E-state index is 12.7. The van der Waals surface area contributed by atoms with Crippen LogP contribution in [0.5, 0.6) is 17.2 Å². The molecule has 1 atom stereocenters. The molecule has 10 heteroatoms. The van der Waals surface area contributed by atoms with E-state index in [1.807, 2.05) is 38.1 Å². The quantitative estimate of drug-likeness (QED) is 0.370. The smallest absolute Gasteiger partial charge is 0.373 e. The molecular weight excluding hydrogens is 454 g/mol. The third kappa shape index (κ3) is 7.70. The van der Waals surface area contributed by atoms with Crippen LogP contribution in [0.25, 0.3) is 10.9 Å². The summed E-state index contributed by atoms with van der Waals surface area (Å²) in [5.74, 6) is 1.34. The van der Waals surface area contributed by atoms with Crippen molar-refractivity contribution in [2.75, 3.05) is 32.7 Å². The molecule has 0 saturated heterocycles. The SMILES string of the molecule is COc1ccc(C(=O)N[C@@H](C)COc2cccc3nc(C)cc(N)c23)cc1OCCCO.O=C=O. The number of nitrogens with zero attached hydrogens (tertiary/aromatic N) is 1. The lowest BCUT2D eigenvalue weighted by Crippen LogP contribution is -2.36. The molecule has 2 aromatic carbocycles. The van der Waals surface area contributed by atoms with Crippen molar-refractivity contribution >= 4 is 28.6 Å². The number of anilines is 1. The van der Waals surface area contributed by atoms with Gasteiger partial charge in [0, 0.05) is 30.0 Å². The second kappa shape index (κ2) is 13.5. The van der Waals surface area contributed by atoms with Crippen LogP contribution in [0.4, 0.5) is 5.69 Å². The number of nitrogen functional groups attached to an aromatic ring is 1. The average Bonchev–Trinajstić information content (AvgIpc) is 2.83. The second-order valence-electron chi connectivity index (χ2n) is 7.56. The van der Waals surface area contributed by atoms with E-state index in [0.29, 0.717) is 41.5 Å². The molecule has 186 valence electrons. The Morgan fingerprint density at radius 3 is 2.57 bits per heavy atom. The highest BCUT2D eigenvalue weighted by atomic mass is 16.5. The fourth-order valence-electron chi connectivity index (χ4n) is 3.28. The van der Waals surface area contributed by atoms with E-state index < -0.39 is 0 Å². The van der Waals surface area contributed by atoms with Gasteiger partial charge >= 0.3 is 6.15 Å². The minimum atomic E-state index is -0.266. The Morgan fingerprint density at radius 1 is 1.14 bits per heavy atom. The molecule has 3 aromatic rings. The lowest BCUT2D eigenvalue weighted by atomic mass is 10.1. The van der Waals surface area contributed by atoms with Crippen LogP contribution in [0.1, 0.15) is 29.4 Å². The fraction of sp³-hybridized carbons (Fsp3) is 0.320. The highest BCUT2D eigenvalue weighted by Gasteiger charge is 2.15. The van der Waals surface area contributed by atoms with E-state index in [1.54, 1.807) is 18.2 Å². The number of hydrogen-bond donors (Lipinski definition) is 3. The van der Waals surface area contributed by atoms with Crippen LogP contribution in [0, 0.1) is 6.92 Å². The first-order valence-electron chi connectivity index (χ1n) is 10.8. The van der Waals surface area contributed by atoms with Crippen molar-refractivity contribution in [1.29, 1.82) is 0 Å². The zero-order valence-electron chi connectivity index (χ0n) is 19.9. The van der Waals surface area contributed by atoms with Crippen LogP contribution in [0.3, 0.4) is 0 Å². The van der Waals surface area contributed by atoms with Crippen molar-refractivity contribution in [2.24, 2.45) is 0 Å². The number of pyridine rings is 1. The van der Waals surface area contributed by atoms with Crippen molar-refractivity contribution in [3.63, 3.8) is 0 Å². The van der Waals surface area contributed by atoms with Crippen molar-refractivity contribution in [2.45, 2.75) is 26.3 Å². The van der Waals surface area contributed by atoms with Gasteiger partial charge in [0.15, 0.2) is 11.5 Å². The number of carbonyl (C=O) groups is 1. The summed E-state index contributed by atoms with van der Waals surface area (Å²) in [6.07, 6.45) is 0.738. The van der Waals surface area contributed by atoms with Gasteiger partial charge < -0.3 is 30.4 Å². The van der Waals surface area contributed by atoms with Crippen LogP contribution in [0.2, 0.25) is 0 Å². The topological polar surface area (TPSA) is 150 Å². The van der Waals surface area contributed by atoms with Gasteiger partial charge in [-0.3, -0.25) is 9.78 Å². The average molecular weight is 484 g/mol. The van der Waals surface area contributed by atoms with Crippen LogP contribution in [0.15, 0.2) is 42.5 Å². The summed E-state index contributed by atoms with van der Waals surface area (Å²) in [7, 11) is 1.53. The molecule has 0 radical (unpaired) electrons. The molecule has 1 heterocycles. The van der Waals surface area contributed by atoms with E-state index in [1.165, 1.54) is 7.11 Å². The molecule has 10 nitrogen and oxygen atoms in total. The molecule has 0 fully saturated rings. The molecule has 1 amide bonds. The summed E-state index contributed by atoms with van der Waals surface area (Å²) in [6.45, 7) is 4.36. The summed E-state index contributed by atoms with van der Waals surface area (Å²) in [5, 5.41) is 12.6. The predicted octanol–water partition coefficient (Wildman–Crippen LogP) is 2.51. The molecule has 0 saturated carbocycles. The summed E-state index contributed by atoms with van der Waals surface area (Å²) in [5.41, 5.74) is 8.82. The summed E-state index contributed by atoms with van der Waals surface area (Å²) in [6, 6.07) is 12.1. The number of benzene rings is 2. The number of fused-ring (bicyclic) bond motifs is 1. The highest BCUT2D eigenvalue weighted by molar-refractivity contribution is 5.96. The van der Waals surface area contributed by atoms with Crippen molar-refractivity contribution in [1.82, 2.24) is 10.3 Å². The maximum Gasteiger partial charge on any atom is 0.373 e. The van der Waals surface area contributed by atoms with Crippen molar-refractivity contribution in [3.8, 4) is 17.2 Å². The van der Waals surface area contributed by atoms with E-state index in [-0.39, 0.29) is 31.3 Å². The van der Waals surface area contributed by atoms with E-state index in [2.05, 4.69) is 10.3 Å². The minimum Gasteiger partial charge on any atom is -0.493 e. The normalized spacial score (nSPS) is 11.0. The number of hydrogen-bond acceptors (Lipinski definition) is 9. The lowest BCUT2D eigenvalue weighted by molar-refractivity contribution is -0.191. The molecule has 0 spiro atoms. The van der Waals surface area contributed by atoms with Gasteiger partial charge in [0.05, 0.1) is 30.7 Å². The number of ether oxygens (including phenoxy) is 3. The largest absolute Gasteiger partial charge is 0.493 e. The monoisotopic (exact) mass is 483 g/mol. The number of rotatable bonds is 10. The van der Waals surface area contributed by atoms with Crippen molar-refractivity contribution in [3.05, 3.63) is 53.7 Å². The molecule has 1 aromatic heterocycles. The van der Waals surface area contributed by atoms with E-state index in [0.717, 1.165) is 16.6 Å². The Labute approximate surface area is 203 Å². The molecule has 4 N–H and O–H groups in total. The summed E-state index contributed by atoms with van der Waals surface area (Å²) < 4.78 is 16.9. The first-order chi connectivity index (χ1) is 16.8. The Bertz CT molecular complexity index is 1180. The lowest BCUT2D eigenvalue weighted by Gasteiger charge is -2.17. The number of aryl methyl sites for hydroxylation is 1. The number of amides is 1. The summed E-state index contributed by atoms with van der Waals surface area (Å²) in [4.78, 5) is 33.5. The van der Waals surface area contributed by atoms with Crippen molar-refractivity contribution < 1.29 is 33.7 Å². The molecule has 0 aliphatic rings. The van der Waals surface area contributed by atoms with Gasteiger partial charge in [0.25, 0.3) is 5.91 Å². The second-order valence-corrected chi connectivity index (χ2v) is 7.56. The minimum absolute atomic E-state index is 0.0258. The zero-order valence-corrected chi connectivity index (χ0v) is 19.9. The molecule has 35 heavy (non-hydrogen) atoms. The van der Waals surface area contributed by atoms with Gasteiger partial charge in [-0.2, -0.15) is 9.59 Å². The number of aliphatic hydroxyl groups is 1. The van der Waals surface area contributed by atoms with Gasteiger partial charge in [-0.1, -0.05) is 6.07 Å². The van der Waals surface area contributed by atoms with E-state index >= 15 is 0 Å². The van der Waals surface area contributed by atoms with Crippen LogP contribution < -0.4 is 25.3 Å². The highest BCUT2D eigenvalue weighted by Crippen LogP contribution is 2.30. The number of aliphatic hydroxyl groups excluding tert-OH is 1. The molecule has 0 unspecified atom stereocenters. The third-order valence-corrected chi connectivity index (χ3v) is 4.81. The number of carbonyl (C=O) groups excluding carboxylic acids is 3. The Morgan fingerprint density at radius 2 is 1.89 bits per heavy atom. The Kier molecular flexibility index (Phi) is 10.5. The Hall–Kier alpha value is -4.14. The van der Waals surface area contributed by atoms with Gasteiger partial charge in [-0.25, -0.2) is 0 Å². The van der Waals surface area contributed by atoms with Gasteiger partial charge in [-0.05, 0) is 50.2 Å². The molecular formula is C25H29N3O7. The summed E-state index contributed by atoms with van der Waals surface area (Å²) >= 11 is 0. The molecule has 3 rings (SSSR count). The van der Waals surface area contributed by atoms with E-state index in [9.17, 15) is 4.79 Å². The van der Waals surface area contributed by atoms with Gasteiger partial charge in [-0.15, -0.1) is 0 Å². The predicted molar refractivity (Wildman–Crippen MR) is 129 cm³/mol. The third-order valence-electron chi connectivity index (χ3n) is 4.81. The number of methoxy groups -OCH3 is 1. The first-order valence-corrected chi connectivity index (χ1v) is 10.8. The number of nitrogens with one attached hydrogen (secondary N) is 1. The Balaban J connectivity index is 0.00000137.